The Morgan fingerprint density at radius 1 is 1.14 bits per heavy atom. The van der Waals surface area contributed by atoms with Crippen molar-refractivity contribution in [3.63, 3.8) is 0 Å². The minimum atomic E-state index is -0.973. The zero-order valence-electron chi connectivity index (χ0n) is 25.3. The van der Waals surface area contributed by atoms with Gasteiger partial charge in [0.15, 0.2) is 0 Å². The molecule has 2 aliphatic heterocycles. The summed E-state index contributed by atoms with van der Waals surface area (Å²) in [5.74, 6) is 0.000976. The van der Waals surface area contributed by atoms with Gasteiger partial charge < -0.3 is 29.2 Å². The molecule has 2 heterocycles. The average molecular weight is 584 g/mol. The molecule has 0 saturated heterocycles. The van der Waals surface area contributed by atoms with Crippen LogP contribution in [0.2, 0.25) is 0 Å². The number of ether oxygens (including phenoxy) is 3. The summed E-state index contributed by atoms with van der Waals surface area (Å²) in [5.41, 5.74) is 1.05. The minimum absolute atomic E-state index is 0.0238. The summed E-state index contributed by atoms with van der Waals surface area (Å²) in [7, 11) is 1.18. The number of nitro groups is 1. The van der Waals surface area contributed by atoms with Gasteiger partial charge in [0.2, 0.25) is 5.72 Å². The number of carbonyl (C=O) groups excluding carboxylic acids is 3. The van der Waals surface area contributed by atoms with Crippen molar-refractivity contribution in [3.8, 4) is 5.75 Å². The highest BCUT2D eigenvalue weighted by Gasteiger charge is 2.58. The number of non-ortho nitro benzene ring substituents is 1. The van der Waals surface area contributed by atoms with Gasteiger partial charge >= 0.3 is 12.1 Å². The van der Waals surface area contributed by atoms with E-state index in [4.69, 9.17) is 9.47 Å². The summed E-state index contributed by atoms with van der Waals surface area (Å²) >= 11 is 0. The largest absolute Gasteiger partial charge is 0.464 e. The number of fused-ring (bicyclic) bond motifs is 2. The number of para-hydroxylation sites is 1. The summed E-state index contributed by atoms with van der Waals surface area (Å²) < 4.78 is 16.5. The molecule has 2 aromatic rings. The van der Waals surface area contributed by atoms with Gasteiger partial charge in [-0.3, -0.25) is 14.9 Å². The molecular formula is C31H41N3O8. The number of nitrogens with one attached hydrogen (secondary N) is 1. The van der Waals surface area contributed by atoms with Crippen molar-refractivity contribution < 1.29 is 33.5 Å². The highest BCUT2D eigenvalue weighted by Crippen LogP contribution is 2.54. The molecule has 0 radical (unpaired) electrons. The van der Waals surface area contributed by atoms with Crippen LogP contribution in [0.3, 0.4) is 0 Å². The SMILES string of the molecule is CC.CC.COC(=O)N[C@H](C=O)CCC(=O)OCCN1c2ccccc2C(C)(C)C12C=Cc1cc([N+](=O)[O-])ccc1O2. The first-order valence-electron chi connectivity index (χ1n) is 14.1. The number of nitrogens with zero attached hydrogens (tertiary/aromatic N) is 2. The maximum atomic E-state index is 12.4. The second kappa shape index (κ2) is 15.0. The Morgan fingerprint density at radius 3 is 2.48 bits per heavy atom. The van der Waals surface area contributed by atoms with Crippen molar-refractivity contribution in [1.29, 1.82) is 0 Å². The van der Waals surface area contributed by atoms with E-state index in [-0.39, 0.29) is 25.1 Å². The molecule has 1 amide bonds. The predicted octanol–water partition coefficient (Wildman–Crippen LogP) is 5.79. The lowest BCUT2D eigenvalue weighted by molar-refractivity contribution is -0.384. The number of esters is 1. The van der Waals surface area contributed by atoms with Gasteiger partial charge in [0.25, 0.3) is 5.69 Å². The third-order valence-corrected chi connectivity index (χ3v) is 7.01. The highest BCUT2D eigenvalue weighted by atomic mass is 16.6. The van der Waals surface area contributed by atoms with Gasteiger partial charge in [-0.2, -0.15) is 0 Å². The molecule has 11 heteroatoms. The number of aldehydes is 1. The van der Waals surface area contributed by atoms with Gasteiger partial charge in [-0.05, 0) is 50.1 Å². The summed E-state index contributed by atoms with van der Waals surface area (Å²) in [5, 5.41) is 13.6. The Morgan fingerprint density at radius 2 is 1.83 bits per heavy atom. The molecule has 11 nitrogen and oxygen atoms in total. The van der Waals surface area contributed by atoms with Crippen LogP contribution in [0.1, 0.15) is 65.5 Å². The van der Waals surface area contributed by atoms with Crippen molar-refractivity contribution in [3.05, 3.63) is 69.8 Å². The van der Waals surface area contributed by atoms with E-state index in [1.54, 1.807) is 6.07 Å². The fourth-order valence-electron chi connectivity index (χ4n) is 4.97. The van der Waals surface area contributed by atoms with Gasteiger partial charge in [-0.25, -0.2) is 4.79 Å². The topological polar surface area (TPSA) is 137 Å². The molecule has 228 valence electrons. The Labute approximate surface area is 247 Å². The lowest BCUT2D eigenvalue weighted by atomic mass is 9.76. The molecule has 2 aromatic carbocycles. The second-order valence-electron chi connectivity index (χ2n) is 9.54. The van der Waals surface area contributed by atoms with Crippen molar-refractivity contribution in [2.45, 2.75) is 71.6 Å². The van der Waals surface area contributed by atoms with E-state index < -0.39 is 34.2 Å². The Hall–Kier alpha value is -4.41. The van der Waals surface area contributed by atoms with Crippen LogP contribution in [-0.2, 0) is 24.5 Å². The van der Waals surface area contributed by atoms with E-state index in [9.17, 15) is 24.5 Å². The lowest BCUT2D eigenvalue weighted by Gasteiger charge is -2.47. The van der Waals surface area contributed by atoms with E-state index in [1.807, 2.05) is 69.0 Å². The zero-order valence-corrected chi connectivity index (χ0v) is 25.3. The maximum absolute atomic E-state index is 12.4. The molecule has 0 aliphatic carbocycles. The highest BCUT2D eigenvalue weighted by molar-refractivity contribution is 5.75. The number of methoxy groups -OCH3 is 1. The first kappa shape index (κ1) is 33.8. The fourth-order valence-corrected chi connectivity index (χ4v) is 4.97. The number of alkyl carbamates (subject to hydrolysis) is 1. The average Bonchev–Trinajstić information content (AvgIpc) is 3.19. The molecule has 0 bridgehead atoms. The molecule has 2 aliphatic rings. The summed E-state index contributed by atoms with van der Waals surface area (Å²) in [6.07, 6.45) is 3.52. The van der Waals surface area contributed by atoms with Crippen molar-refractivity contribution in [2.75, 3.05) is 25.2 Å². The number of rotatable bonds is 9. The fraction of sp³-hybridized carbons (Fsp3) is 0.452. The van der Waals surface area contributed by atoms with E-state index in [0.29, 0.717) is 24.1 Å². The minimum Gasteiger partial charge on any atom is -0.464 e. The first-order chi connectivity index (χ1) is 20.1. The molecule has 1 spiro atoms. The zero-order chi connectivity index (χ0) is 31.5. The van der Waals surface area contributed by atoms with E-state index >= 15 is 0 Å². The quantitative estimate of drug-likeness (QED) is 0.168. The summed E-state index contributed by atoms with van der Waals surface area (Å²) in [4.78, 5) is 47.7. The number of amides is 1. The van der Waals surface area contributed by atoms with E-state index in [1.165, 1.54) is 19.2 Å². The predicted molar refractivity (Wildman–Crippen MR) is 161 cm³/mol. The number of hydrogen-bond acceptors (Lipinski definition) is 9. The monoisotopic (exact) mass is 583 g/mol. The van der Waals surface area contributed by atoms with Crippen LogP contribution in [0.15, 0.2) is 48.5 Å². The lowest BCUT2D eigenvalue weighted by Crippen LogP contribution is -2.60. The van der Waals surface area contributed by atoms with Crippen LogP contribution in [0.5, 0.6) is 5.75 Å². The molecular weight excluding hydrogens is 542 g/mol. The first-order valence-corrected chi connectivity index (χ1v) is 14.1. The van der Waals surface area contributed by atoms with Gasteiger partial charge in [0, 0.05) is 29.8 Å². The summed E-state index contributed by atoms with van der Waals surface area (Å²) in [6.45, 7) is 12.5. The van der Waals surface area contributed by atoms with Gasteiger partial charge in [-0.15, -0.1) is 0 Å². The molecule has 42 heavy (non-hydrogen) atoms. The van der Waals surface area contributed by atoms with E-state index in [0.717, 1.165) is 11.3 Å². The van der Waals surface area contributed by atoms with Crippen LogP contribution < -0.4 is 15.0 Å². The molecule has 0 fully saturated rings. The van der Waals surface area contributed by atoms with Gasteiger partial charge in [0.1, 0.15) is 18.6 Å². The Balaban J connectivity index is 0.00000148. The van der Waals surface area contributed by atoms with Crippen molar-refractivity contribution in [2.24, 2.45) is 0 Å². The van der Waals surface area contributed by atoms with Gasteiger partial charge in [-0.1, -0.05) is 45.9 Å². The number of anilines is 1. The molecule has 0 aromatic heterocycles. The van der Waals surface area contributed by atoms with Gasteiger partial charge in [0.05, 0.1) is 30.0 Å². The number of benzene rings is 2. The van der Waals surface area contributed by atoms with Crippen LogP contribution >= 0.6 is 0 Å². The van der Waals surface area contributed by atoms with Crippen molar-refractivity contribution in [1.82, 2.24) is 5.32 Å². The van der Waals surface area contributed by atoms with Crippen LogP contribution in [0.4, 0.5) is 16.2 Å². The normalized spacial score (nSPS) is 17.5. The number of hydrogen-bond donors (Lipinski definition) is 1. The molecule has 4 rings (SSSR count). The molecule has 2 atom stereocenters. The number of nitro benzene ring substituents is 1. The van der Waals surface area contributed by atoms with Crippen molar-refractivity contribution >= 4 is 35.8 Å². The molecule has 1 N–H and O–H groups in total. The smallest absolute Gasteiger partial charge is 0.407 e. The summed E-state index contributed by atoms with van der Waals surface area (Å²) in [6, 6.07) is 11.5. The Bertz CT molecular complexity index is 1290. The van der Waals surface area contributed by atoms with Crippen LogP contribution in [0.25, 0.3) is 6.08 Å². The Kier molecular flexibility index (Phi) is 12.1. The second-order valence-corrected chi connectivity index (χ2v) is 9.54. The number of carbonyl (C=O) groups is 3. The maximum Gasteiger partial charge on any atom is 0.407 e. The van der Waals surface area contributed by atoms with Crippen LogP contribution in [0, 0.1) is 10.1 Å². The van der Waals surface area contributed by atoms with Crippen LogP contribution in [-0.4, -0.2) is 55.3 Å². The third kappa shape index (κ3) is 6.89. The third-order valence-electron chi connectivity index (χ3n) is 7.01. The molecule has 1 unspecified atom stereocenters. The van der Waals surface area contributed by atoms with E-state index in [2.05, 4.69) is 23.9 Å². The molecule has 0 saturated carbocycles. The standard InChI is InChI=1S/C27H29N3O8.2C2H6/c1-26(2)21-6-4-5-7-22(21)29(14-15-37-24(32)11-8-19(17-31)28-25(33)36-3)27(26)13-12-18-16-20(30(34)35)9-10-23(18)38-27;2*1-2/h4-7,9-10,12-13,16-17,19H,8,11,14-15H2,1-3H3,(H,28,33);2*1-2H3/t19-,27?;;/m0../s1.